The molecule has 0 fully saturated rings. The van der Waals surface area contributed by atoms with Gasteiger partial charge in [-0.3, -0.25) is 0 Å². The van der Waals surface area contributed by atoms with E-state index >= 15 is 0 Å². The van der Waals surface area contributed by atoms with E-state index in [0.29, 0.717) is 6.04 Å². The summed E-state index contributed by atoms with van der Waals surface area (Å²) in [5, 5.41) is 3.71. The van der Waals surface area contributed by atoms with Gasteiger partial charge in [0.2, 0.25) is 0 Å². The Balaban J connectivity index is 1.86. The molecule has 110 valence electrons. The van der Waals surface area contributed by atoms with Gasteiger partial charge in [-0.05, 0) is 23.6 Å². The molecule has 21 heavy (non-hydrogen) atoms. The third-order valence-electron chi connectivity index (χ3n) is 4.21. The first kappa shape index (κ1) is 14.2. The number of hydrogen-bond acceptors (Lipinski definition) is 2. The molecule has 2 aromatic carbocycles. The van der Waals surface area contributed by atoms with Crippen molar-refractivity contribution in [2.75, 3.05) is 11.4 Å². The summed E-state index contributed by atoms with van der Waals surface area (Å²) in [5.41, 5.74) is 4.17. The number of anilines is 1. The molecule has 0 radical (unpaired) electrons. The zero-order chi connectivity index (χ0) is 14.5. The number of hydrogen-bond donors (Lipinski definition) is 1. The highest BCUT2D eigenvalue weighted by atomic mass is 15.2. The molecule has 1 aliphatic rings. The van der Waals surface area contributed by atoms with E-state index in [4.69, 9.17) is 0 Å². The molecule has 1 atom stereocenters. The third kappa shape index (κ3) is 3.45. The van der Waals surface area contributed by atoms with Crippen LogP contribution in [0, 0.1) is 0 Å². The van der Waals surface area contributed by atoms with E-state index in [9.17, 15) is 0 Å². The largest absolute Gasteiger partial charge is 0.365 e. The quantitative estimate of drug-likeness (QED) is 0.912. The summed E-state index contributed by atoms with van der Waals surface area (Å²) in [7, 11) is 0. The number of nitrogens with zero attached hydrogens (tertiary/aromatic N) is 1. The number of fused-ring (bicyclic) bond motifs is 1. The fraction of sp³-hybridized carbons (Fsp3) is 0.368. The lowest BCUT2D eigenvalue weighted by atomic mass is 10.1. The van der Waals surface area contributed by atoms with E-state index in [1.54, 1.807) is 0 Å². The summed E-state index contributed by atoms with van der Waals surface area (Å²) in [6.45, 7) is 5.31. The molecule has 0 saturated carbocycles. The second-order valence-electron chi connectivity index (χ2n) is 5.86. The Morgan fingerprint density at radius 1 is 1.05 bits per heavy atom. The summed E-state index contributed by atoms with van der Waals surface area (Å²) < 4.78 is 0. The average molecular weight is 280 g/mol. The molecule has 0 bridgehead atoms. The zero-order valence-corrected chi connectivity index (χ0v) is 12.8. The highest BCUT2D eigenvalue weighted by Gasteiger charge is 2.20. The highest BCUT2D eigenvalue weighted by molar-refractivity contribution is 5.55. The molecule has 1 unspecified atom stereocenters. The molecule has 0 spiro atoms. The fourth-order valence-electron chi connectivity index (χ4n) is 3.15. The van der Waals surface area contributed by atoms with Gasteiger partial charge in [0.1, 0.15) is 0 Å². The molecule has 1 heterocycles. The van der Waals surface area contributed by atoms with Gasteiger partial charge in [-0.15, -0.1) is 0 Å². The molecule has 1 aliphatic heterocycles. The van der Waals surface area contributed by atoms with Crippen LogP contribution in [0.4, 0.5) is 5.69 Å². The van der Waals surface area contributed by atoms with E-state index in [0.717, 1.165) is 19.6 Å². The molecule has 2 nitrogen and oxygen atoms in total. The Hall–Kier alpha value is -1.80. The van der Waals surface area contributed by atoms with Crippen molar-refractivity contribution in [3.05, 3.63) is 65.7 Å². The average Bonchev–Trinajstić information content (AvgIpc) is 2.69. The molecule has 0 aromatic heterocycles. The summed E-state index contributed by atoms with van der Waals surface area (Å²) in [5.74, 6) is 0. The number of nitrogens with one attached hydrogen (secondary N) is 1. The zero-order valence-electron chi connectivity index (χ0n) is 12.8. The first-order valence-electron chi connectivity index (χ1n) is 7.97. The monoisotopic (exact) mass is 280 g/mol. The van der Waals surface area contributed by atoms with Gasteiger partial charge in [0.15, 0.2) is 0 Å². The second-order valence-corrected chi connectivity index (χ2v) is 5.86. The lowest BCUT2D eigenvalue weighted by molar-refractivity contribution is 0.479. The van der Waals surface area contributed by atoms with Gasteiger partial charge in [0, 0.05) is 31.4 Å². The molecular formula is C19H24N2. The maximum atomic E-state index is 3.71. The summed E-state index contributed by atoms with van der Waals surface area (Å²) in [6.07, 6.45) is 2.46. The van der Waals surface area contributed by atoms with Crippen molar-refractivity contribution in [2.45, 2.75) is 38.9 Å². The Morgan fingerprint density at radius 3 is 2.62 bits per heavy atom. The maximum absolute atomic E-state index is 3.71. The number of benzene rings is 2. The SMILES string of the molecule is CCCC1CN(Cc2ccccc2)c2ccccc2CN1. The molecule has 0 saturated heterocycles. The Labute approximate surface area is 127 Å². The third-order valence-corrected chi connectivity index (χ3v) is 4.21. The van der Waals surface area contributed by atoms with Crippen LogP contribution in [-0.4, -0.2) is 12.6 Å². The van der Waals surface area contributed by atoms with Gasteiger partial charge < -0.3 is 10.2 Å². The van der Waals surface area contributed by atoms with Crippen LogP contribution in [0.25, 0.3) is 0 Å². The first-order valence-corrected chi connectivity index (χ1v) is 7.97. The van der Waals surface area contributed by atoms with Crippen LogP contribution in [0.1, 0.15) is 30.9 Å². The topological polar surface area (TPSA) is 15.3 Å². The Kier molecular flexibility index (Phi) is 4.56. The second kappa shape index (κ2) is 6.77. The normalized spacial score (nSPS) is 18.1. The Bertz CT molecular complexity index is 565. The van der Waals surface area contributed by atoms with Gasteiger partial charge in [0.25, 0.3) is 0 Å². The van der Waals surface area contributed by atoms with Crippen molar-refractivity contribution in [1.29, 1.82) is 0 Å². The van der Waals surface area contributed by atoms with Crippen LogP contribution in [-0.2, 0) is 13.1 Å². The van der Waals surface area contributed by atoms with Crippen molar-refractivity contribution < 1.29 is 0 Å². The first-order chi connectivity index (χ1) is 10.4. The predicted molar refractivity (Wildman–Crippen MR) is 89.5 cm³/mol. The van der Waals surface area contributed by atoms with Crippen molar-refractivity contribution >= 4 is 5.69 Å². The van der Waals surface area contributed by atoms with Crippen LogP contribution in [0.5, 0.6) is 0 Å². The lowest BCUT2D eigenvalue weighted by Crippen LogP contribution is -2.37. The lowest BCUT2D eigenvalue weighted by Gasteiger charge is -2.27. The molecule has 2 aromatic rings. The van der Waals surface area contributed by atoms with E-state index < -0.39 is 0 Å². The van der Waals surface area contributed by atoms with E-state index in [1.165, 1.54) is 29.7 Å². The van der Waals surface area contributed by atoms with Gasteiger partial charge in [0.05, 0.1) is 0 Å². The minimum absolute atomic E-state index is 0.575. The summed E-state index contributed by atoms with van der Waals surface area (Å²) >= 11 is 0. The van der Waals surface area contributed by atoms with E-state index in [-0.39, 0.29) is 0 Å². The number of rotatable bonds is 4. The fourth-order valence-corrected chi connectivity index (χ4v) is 3.15. The van der Waals surface area contributed by atoms with Crippen molar-refractivity contribution in [3.8, 4) is 0 Å². The van der Waals surface area contributed by atoms with Crippen LogP contribution in [0.15, 0.2) is 54.6 Å². The molecule has 0 amide bonds. The summed E-state index contributed by atoms with van der Waals surface area (Å²) in [4.78, 5) is 2.53. The van der Waals surface area contributed by atoms with Crippen molar-refractivity contribution in [2.24, 2.45) is 0 Å². The van der Waals surface area contributed by atoms with E-state index in [2.05, 4.69) is 71.7 Å². The highest BCUT2D eigenvalue weighted by Crippen LogP contribution is 2.25. The molecule has 1 N–H and O–H groups in total. The maximum Gasteiger partial charge on any atom is 0.0430 e. The van der Waals surface area contributed by atoms with Crippen molar-refractivity contribution in [3.63, 3.8) is 0 Å². The minimum atomic E-state index is 0.575. The molecule has 3 rings (SSSR count). The predicted octanol–water partition coefficient (Wildman–Crippen LogP) is 3.97. The van der Waals surface area contributed by atoms with Crippen molar-refractivity contribution in [1.82, 2.24) is 5.32 Å². The van der Waals surface area contributed by atoms with Gasteiger partial charge in [-0.1, -0.05) is 61.9 Å². The standard InChI is InChI=1S/C19H24N2/c1-2-8-18-15-21(14-16-9-4-3-5-10-16)19-12-7-6-11-17(19)13-20-18/h3-7,9-12,18,20H,2,8,13-15H2,1H3. The van der Waals surface area contributed by atoms with Crippen LogP contribution in [0.2, 0.25) is 0 Å². The smallest absolute Gasteiger partial charge is 0.0430 e. The van der Waals surface area contributed by atoms with Gasteiger partial charge in [-0.2, -0.15) is 0 Å². The summed E-state index contributed by atoms with van der Waals surface area (Å²) in [6, 6.07) is 20.1. The number of para-hydroxylation sites is 1. The van der Waals surface area contributed by atoms with Crippen LogP contribution < -0.4 is 10.2 Å². The van der Waals surface area contributed by atoms with E-state index in [1.807, 2.05) is 0 Å². The van der Waals surface area contributed by atoms with Crippen LogP contribution >= 0.6 is 0 Å². The molecule has 0 aliphatic carbocycles. The minimum Gasteiger partial charge on any atom is -0.365 e. The van der Waals surface area contributed by atoms with Gasteiger partial charge in [-0.25, -0.2) is 0 Å². The molecule has 2 heteroatoms. The van der Waals surface area contributed by atoms with Crippen LogP contribution in [0.3, 0.4) is 0 Å². The van der Waals surface area contributed by atoms with Gasteiger partial charge >= 0.3 is 0 Å². The molecular weight excluding hydrogens is 256 g/mol. The Morgan fingerprint density at radius 2 is 1.81 bits per heavy atom.